The molecule has 0 spiro atoms. The molecule has 1 aromatic heterocycles. The van der Waals surface area contributed by atoms with Crippen LogP contribution in [-0.2, 0) is 4.74 Å². The normalized spacial score (nSPS) is 13.8. The Morgan fingerprint density at radius 3 is 2.62 bits per heavy atom. The Kier molecular flexibility index (Phi) is 2.96. The van der Waals surface area contributed by atoms with Crippen LogP contribution in [0.2, 0.25) is 0 Å². The van der Waals surface area contributed by atoms with Crippen LogP contribution in [0, 0.1) is 0 Å². The number of esters is 1. The maximum absolute atomic E-state index is 12.5. The Balaban J connectivity index is 2.08. The van der Waals surface area contributed by atoms with Crippen LogP contribution in [0.15, 0.2) is 34.7 Å². The molecule has 0 bridgehead atoms. The molecule has 2 aromatic carbocycles. The summed E-state index contributed by atoms with van der Waals surface area (Å²) in [5.41, 5.74) is 1.26. The molecule has 1 aliphatic heterocycles. The van der Waals surface area contributed by atoms with E-state index in [1.807, 2.05) is 0 Å². The molecule has 1 aliphatic rings. The molecular formula is C18H13NO5. The van der Waals surface area contributed by atoms with Gasteiger partial charge in [0.15, 0.2) is 0 Å². The zero-order valence-electron chi connectivity index (χ0n) is 13.1. The first kappa shape index (κ1) is 14.4. The van der Waals surface area contributed by atoms with Gasteiger partial charge in [-0.2, -0.15) is 0 Å². The molecular weight excluding hydrogens is 310 g/mol. The minimum atomic E-state index is -0.561. The van der Waals surface area contributed by atoms with Crippen LogP contribution in [0.5, 0.6) is 0 Å². The molecule has 24 heavy (non-hydrogen) atoms. The summed E-state index contributed by atoms with van der Waals surface area (Å²) in [5, 5.41) is 1.97. The second-order valence-corrected chi connectivity index (χ2v) is 5.56. The highest BCUT2D eigenvalue weighted by Gasteiger charge is 2.31. The average molecular weight is 323 g/mol. The van der Waals surface area contributed by atoms with Crippen molar-refractivity contribution >= 4 is 39.5 Å². The van der Waals surface area contributed by atoms with E-state index in [-0.39, 0.29) is 24.2 Å². The van der Waals surface area contributed by atoms with Crippen molar-refractivity contribution in [1.82, 2.24) is 4.90 Å². The van der Waals surface area contributed by atoms with E-state index < -0.39 is 5.97 Å². The molecule has 0 saturated carbocycles. The molecule has 0 fully saturated rings. The number of rotatable bonds is 2. The second kappa shape index (κ2) is 4.92. The largest absolute Gasteiger partial charge is 0.460 e. The van der Waals surface area contributed by atoms with E-state index in [2.05, 4.69) is 0 Å². The molecule has 3 aromatic rings. The van der Waals surface area contributed by atoms with Crippen molar-refractivity contribution in [3.8, 4) is 0 Å². The van der Waals surface area contributed by atoms with Gasteiger partial charge in [-0.25, -0.2) is 4.79 Å². The molecule has 0 N–H and O–H groups in total. The van der Waals surface area contributed by atoms with E-state index >= 15 is 0 Å². The number of benzene rings is 2. The van der Waals surface area contributed by atoms with Crippen LogP contribution in [-0.4, -0.2) is 36.3 Å². The molecule has 4 rings (SSSR count). The topological polar surface area (TPSA) is 76.8 Å². The first-order valence-corrected chi connectivity index (χ1v) is 7.51. The highest BCUT2D eigenvalue weighted by atomic mass is 16.5. The number of hydrogen-bond acceptors (Lipinski definition) is 5. The van der Waals surface area contributed by atoms with Crippen LogP contribution >= 0.6 is 0 Å². The number of furan rings is 1. The van der Waals surface area contributed by atoms with Crippen LogP contribution < -0.4 is 0 Å². The Bertz CT molecular complexity index is 1050. The van der Waals surface area contributed by atoms with E-state index in [0.29, 0.717) is 32.9 Å². The fraction of sp³-hybridized carbons (Fsp3) is 0.167. The van der Waals surface area contributed by atoms with Crippen molar-refractivity contribution < 1.29 is 23.5 Å². The van der Waals surface area contributed by atoms with Gasteiger partial charge >= 0.3 is 5.97 Å². The van der Waals surface area contributed by atoms with Crippen LogP contribution in [0.1, 0.15) is 38.2 Å². The van der Waals surface area contributed by atoms with Crippen LogP contribution in [0.3, 0.4) is 0 Å². The lowest BCUT2D eigenvalue weighted by Crippen LogP contribution is -2.36. The van der Waals surface area contributed by atoms with E-state index in [1.165, 1.54) is 7.05 Å². The van der Waals surface area contributed by atoms with Crippen LogP contribution in [0.25, 0.3) is 21.7 Å². The van der Waals surface area contributed by atoms with E-state index in [1.54, 1.807) is 37.3 Å². The van der Waals surface area contributed by atoms with Gasteiger partial charge in [0.1, 0.15) is 5.58 Å². The summed E-state index contributed by atoms with van der Waals surface area (Å²) in [6, 6.07) is 8.41. The lowest BCUT2D eigenvalue weighted by molar-refractivity contribution is 0.0492. The van der Waals surface area contributed by atoms with Gasteiger partial charge in [-0.3, -0.25) is 14.5 Å². The lowest BCUT2D eigenvalue weighted by atomic mass is 9.92. The first-order valence-electron chi connectivity index (χ1n) is 7.51. The average Bonchev–Trinajstić information content (AvgIpc) is 3.02. The monoisotopic (exact) mass is 323 g/mol. The number of ether oxygens (including phenoxy) is 1. The zero-order valence-corrected chi connectivity index (χ0v) is 13.1. The summed E-state index contributed by atoms with van der Waals surface area (Å²) in [5.74, 6) is -1.22. The Morgan fingerprint density at radius 1 is 1.12 bits per heavy atom. The molecule has 6 heteroatoms. The highest BCUT2D eigenvalue weighted by molar-refractivity contribution is 6.29. The quantitative estimate of drug-likeness (QED) is 0.535. The van der Waals surface area contributed by atoms with Crippen molar-refractivity contribution in [2.24, 2.45) is 0 Å². The van der Waals surface area contributed by atoms with Gasteiger partial charge in [0.25, 0.3) is 11.8 Å². The molecule has 0 unspecified atom stereocenters. The molecule has 0 radical (unpaired) electrons. The third kappa shape index (κ3) is 1.79. The summed E-state index contributed by atoms with van der Waals surface area (Å²) in [6.45, 7) is 1.95. The Hall–Kier alpha value is -3.15. The SMILES string of the molecule is CCOC(=O)c1cc2c(cc3c4c(cccc42)C(=O)N(C)C3=O)o1. The highest BCUT2D eigenvalue weighted by Crippen LogP contribution is 2.36. The van der Waals surface area contributed by atoms with Crippen molar-refractivity contribution in [2.75, 3.05) is 13.7 Å². The third-order valence-electron chi connectivity index (χ3n) is 4.21. The summed E-state index contributed by atoms with van der Waals surface area (Å²) in [6.07, 6.45) is 0. The first-order chi connectivity index (χ1) is 11.5. The minimum absolute atomic E-state index is 0.0714. The van der Waals surface area contributed by atoms with E-state index in [0.717, 1.165) is 4.90 Å². The number of imide groups is 1. The fourth-order valence-electron chi connectivity index (χ4n) is 3.10. The van der Waals surface area contributed by atoms with Crippen molar-refractivity contribution in [3.05, 3.63) is 47.2 Å². The standard InChI is InChI=1S/C18H13NO5/c1-3-23-18(22)14-7-11-9-5-4-6-10-15(9)12(8-13(11)24-14)17(21)19(2)16(10)20/h4-8H,3H2,1-2H3. The molecule has 0 atom stereocenters. The minimum Gasteiger partial charge on any atom is -0.460 e. The summed E-state index contributed by atoms with van der Waals surface area (Å²) in [4.78, 5) is 37.8. The predicted molar refractivity (Wildman–Crippen MR) is 86.1 cm³/mol. The summed E-state index contributed by atoms with van der Waals surface area (Å²) >= 11 is 0. The van der Waals surface area contributed by atoms with E-state index in [9.17, 15) is 14.4 Å². The summed E-state index contributed by atoms with van der Waals surface area (Å²) in [7, 11) is 1.45. The van der Waals surface area contributed by atoms with Gasteiger partial charge in [-0.15, -0.1) is 0 Å². The molecule has 0 saturated heterocycles. The van der Waals surface area contributed by atoms with Gasteiger partial charge < -0.3 is 9.15 Å². The number of nitrogens with zero attached hydrogens (tertiary/aromatic N) is 1. The van der Waals surface area contributed by atoms with Crippen LogP contribution in [0.4, 0.5) is 0 Å². The van der Waals surface area contributed by atoms with Gasteiger partial charge in [0, 0.05) is 23.4 Å². The molecule has 6 nitrogen and oxygen atoms in total. The smallest absolute Gasteiger partial charge is 0.374 e. The number of hydrogen-bond donors (Lipinski definition) is 0. The second-order valence-electron chi connectivity index (χ2n) is 5.56. The number of carbonyl (C=O) groups is 3. The van der Waals surface area contributed by atoms with Gasteiger partial charge in [-0.05, 0) is 30.5 Å². The molecule has 2 heterocycles. The number of carbonyl (C=O) groups excluding carboxylic acids is 3. The molecule has 120 valence electrons. The van der Waals surface area contributed by atoms with Gasteiger partial charge in [0.05, 0.1) is 12.2 Å². The van der Waals surface area contributed by atoms with Crippen molar-refractivity contribution in [1.29, 1.82) is 0 Å². The van der Waals surface area contributed by atoms with Gasteiger partial charge in [0.2, 0.25) is 5.76 Å². The molecule has 0 aliphatic carbocycles. The maximum atomic E-state index is 12.5. The van der Waals surface area contributed by atoms with Crippen molar-refractivity contribution in [2.45, 2.75) is 6.92 Å². The number of amides is 2. The fourth-order valence-corrected chi connectivity index (χ4v) is 3.10. The maximum Gasteiger partial charge on any atom is 0.374 e. The zero-order chi connectivity index (χ0) is 17.0. The van der Waals surface area contributed by atoms with E-state index in [4.69, 9.17) is 9.15 Å². The Labute approximate surface area is 136 Å². The van der Waals surface area contributed by atoms with Crippen molar-refractivity contribution in [3.63, 3.8) is 0 Å². The predicted octanol–water partition coefficient (Wildman–Crippen LogP) is 2.99. The summed E-state index contributed by atoms with van der Waals surface area (Å²) < 4.78 is 10.5. The Morgan fingerprint density at radius 2 is 1.88 bits per heavy atom. The molecule has 2 amide bonds. The third-order valence-corrected chi connectivity index (χ3v) is 4.21. The lowest BCUT2D eigenvalue weighted by Gasteiger charge is -2.23. The van der Waals surface area contributed by atoms with Gasteiger partial charge in [-0.1, -0.05) is 12.1 Å². The number of fused-ring (bicyclic) bond motifs is 2.